The highest BCUT2D eigenvalue weighted by Gasteiger charge is 2.28. The van der Waals surface area contributed by atoms with Gasteiger partial charge in [-0.3, -0.25) is 14.7 Å². The van der Waals surface area contributed by atoms with Crippen molar-refractivity contribution in [3.8, 4) is 0 Å². The number of carbonyl (C=O) groups excluding carboxylic acids is 1. The number of carbonyl (C=O) groups is 1. The predicted octanol–water partition coefficient (Wildman–Crippen LogP) is 3.12. The summed E-state index contributed by atoms with van der Waals surface area (Å²) in [4.78, 5) is 20.3. The lowest BCUT2D eigenvalue weighted by atomic mass is 10.0. The molecule has 0 saturated carbocycles. The first kappa shape index (κ1) is 16.1. The van der Waals surface area contributed by atoms with Crippen LogP contribution >= 0.6 is 11.3 Å². The number of thiophene rings is 1. The van der Waals surface area contributed by atoms with E-state index in [0.717, 1.165) is 32.4 Å². The van der Waals surface area contributed by atoms with Crippen molar-refractivity contribution in [2.45, 2.75) is 45.3 Å². The van der Waals surface area contributed by atoms with Crippen LogP contribution in [0.1, 0.15) is 35.3 Å². The number of aromatic nitrogens is 1. The molecule has 2 aromatic heterocycles. The van der Waals surface area contributed by atoms with Crippen LogP contribution < -0.4 is 5.32 Å². The summed E-state index contributed by atoms with van der Waals surface area (Å²) in [7, 11) is 0. The normalized spacial score (nSPS) is 18.7. The molecule has 4 nitrogen and oxygen atoms in total. The molecule has 0 aromatic carbocycles. The summed E-state index contributed by atoms with van der Waals surface area (Å²) in [5, 5.41) is 5.20. The van der Waals surface area contributed by atoms with Crippen molar-refractivity contribution < 1.29 is 4.79 Å². The summed E-state index contributed by atoms with van der Waals surface area (Å²) in [6, 6.07) is 6.10. The zero-order valence-electron chi connectivity index (χ0n) is 13.5. The molecule has 2 aromatic rings. The highest BCUT2D eigenvalue weighted by Crippen LogP contribution is 2.20. The monoisotopic (exact) mass is 329 g/mol. The van der Waals surface area contributed by atoms with Crippen LogP contribution in [0.5, 0.6) is 0 Å². The summed E-state index contributed by atoms with van der Waals surface area (Å²) >= 11 is 1.71. The number of piperidine rings is 1. The number of likely N-dealkylation sites (tertiary alicyclic amines) is 1. The summed E-state index contributed by atoms with van der Waals surface area (Å²) < 4.78 is 0. The zero-order chi connectivity index (χ0) is 16.1. The van der Waals surface area contributed by atoms with Gasteiger partial charge in [0.25, 0.3) is 0 Å². The molecule has 0 bridgehead atoms. The van der Waals surface area contributed by atoms with Gasteiger partial charge in [0.15, 0.2) is 0 Å². The van der Waals surface area contributed by atoms with E-state index in [2.05, 4.69) is 39.6 Å². The van der Waals surface area contributed by atoms with Crippen molar-refractivity contribution >= 4 is 17.2 Å². The van der Waals surface area contributed by atoms with E-state index in [9.17, 15) is 4.79 Å². The van der Waals surface area contributed by atoms with Crippen molar-refractivity contribution in [2.24, 2.45) is 0 Å². The van der Waals surface area contributed by atoms with E-state index >= 15 is 0 Å². The van der Waals surface area contributed by atoms with Crippen LogP contribution in [0.4, 0.5) is 0 Å². The number of hydrogen-bond donors (Lipinski definition) is 1. The van der Waals surface area contributed by atoms with E-state index in [4.69, 9.17) is 0 Å². The second-order valence-electron chi connectivity index (χ2n) is 6.09. The van der Waals surface area contributed by atoms with Gasteiger partial charge in [-0.1, -0.05) is 12.5 Å². The van der Waals surface area contributed by atoms with E-state index in [0.29, 0.717) is 6.54 Å². The molecule has 1 aliphatic rings. The molecule has 122 valence electrons. The fraction of sp³-hybridized carbons (Fsp3) is 0.444. The number of nitrogens with zero attached hydrogens (tertiary/aromatic N) is 2. The molecule has 1 aliphatic heterocycles. The molecule has 0 spiro atoms. The molecule has 0 radical (unpaired) electrons. The molecule has 3 rings (SSSR count). The molecule has 1 N–H and O–H groups in total. The second-order valence-corrected chi connectivity index (χ2v) is 7.09. The molecular weight excluding hydrogens is 306 g/mol. The van der Waals surface area contributed by atoms with Gasteiger partial charge < -0.3 is 5.32 Å². The van der Waals surface area contributed by atoms with Gasteiger partial charge in [-0.2, -0.15) is 0 Å². The van der Waals surface area contributed by atoms with Gasteiger partial charge in [0.1, 0.15) is 0 Å². The topological polar surface area (TPSA) is 45.2 Å². The van der Waals surface area contributed by atoms with Crippen molar-refractivity contribution in [2.75, 3.05) is 6.54 Å². The van der Waals surface area contributed by atoms with Crippen LogP contribution in [0.15, 0.2) is 36.0 Å². The quantitative estimate of drug-likeness (QED) is 0.917. The van der Waals surface area contributed by atoms with Crippen LogP contribution in [-0.2, 0) is 17.9 Å². The molecule has 1 saturated heterocycles. The van der Waals surface area contributed by atoms with Crippen molar-refractivity contribution in [1.29, 1.82) is 0 Å². The molecule has 1 fully saturated rings. The molecule has 0 unspecified atom stereocenters. The molecule has 0 aliphatic carbocycles. The lowest BCUT2D eigenvalue weighted by Gasteiger charge is -2.34. The highest BCUT2D eigenvalue weighted by molar-refractivity contribution is 7.10. The summed E-state index contributed by atoms with van der Waals surface area (Å²) in [6.07, 6.45) is 6.90. The van der Waals surface area contributed by atoms with E-state index in [1.165, 1.54) is 16.0 Å². The number of nitrogens with one attached hydrogen (secondary N) is 1. The Hall–Kier alpha value is -1.72. The van der Waals surface area contributed by atoms with E-state index in [-0.39, 0.29) is 11.9 Å². The Kier molecular flexibility index (Phi) is 5.41. The predicted molar refractivity (Wildman–Crippen MR) is 93.2 cm³/mol. The van der Waals surface area contributed by atoms with Gasteiger partial charge in [-0.15, -0.1) is 11.3 Å². The first-order chi connectivity index (χ1) is 11.2. The van der Waals surface area contributed by atoms with Crippen LogP contribution in [0, 0.1) is 6.92 Å². The van der Waals surface area contributed by atoms with E-state index < -0.39 is 0 Å². The Bertz CT molecular complexity index is 641. The van der Waals surface area contributed by atoms with Gasteiger partial charge >= 0.3 is 0 Å². The molecule has 5 heteroatoms. The Morgan fingerprint density at radius 3 is 3.09 bits per heavy atom. The lowest BCUT2D eigenvalue weighted by Crippen LogP contribution is -2.48. The molecule has 1 amide bonds. The minimum atomic E-state index is -0.0239. The SMILES string of the molecule is Cc1ccsc1CNC(=O)[C@H]1CCCCN1Cc1cccnc1. The maximum atomic E-state index is 12.6. The van der Waals surface area contributed by atoms with Crippen LogP contribution in [-0.4, -0.2) is 28.4 Å². The minimum absolute atomic E-state index is 0.0239. The van der Waals surface area contributed by atoms with Gasteiger partial charge in [-0.25, -0.2) is 0 Å². The van der Waals surface area contributed by atoms with Crippen molar-refractivity contribution in [1.82, 2.24) is 15.2 Å². The third kappa shape index (κ3) is 4.18. The van der Waals surface area contributed by atoms with Gasteiger partial charge in [0.05, 0.1) is 12.6 Å². The Morgan fingerprint density at radius 2 is 2.35 bits per heavy atom. The summed E-state index contributed by atoms with van der Waals surface area (Å²) in [5.41, 5.74) is 2.42. The molecular formula is C18H23N3OS. The number of amides is 1. The van der Waals surface area contributed by atoms with Gasteiger partial charge in [-0.05, 0) is 54.9 Å². The third-order valence-corrected chi connectivity index (χ3v) is 5.44. The van der Waals surface area contributed by atoms with E-state index in [1.54, 1.807) is 17.5 Å². The lowest BCUT2D eigenvalue weighted by molar-refractivity contribution is -0.128. The number of aryl methyl sites for hydroxylation is 1. The first-order valence-electron chi connectivity index (χ1n) is 8.17. The summed E-state index contributed by atoms with van der Waals surface area (Å²) in [5.74, 6) is 0.154. The molecule has 23 heavy (non-hydrogen) atoms. The molecule has 3 heterocycles. The molecule has 1 atom stereocenters. The van der Waals surface area contributed by atoms with Crippen molar-refractivity contribution in [3.05, 3.63) is 52.0 Å². The van der Waals surface area contributed by atoms with Crippen LogP contribution in [0.3, 0.4) is 0 Å². The number of pyridine rings is 1. The smallest absolute Gasteiger partial charge is 0.237 e. The largest absolute Gasteiger partial charge is 0.350 e. The maximum absolute atomic E-state index is 12.6. The second kappa shape index (κ2) is 7.70. The van der Waals surface area contributed by atoms with Crippen LogP contribution in [0.25, 0.3) is 0 Å². The van der Waals surface area contributed by atoms with Gasteiger partial charge in [0, 0.05) is 23.8 Å². The zero-order valence-corrected chi connectivity index (χ0v) is 14.3. The average Bonchev–Trinajstić information content (AvgIpc) is 2.99. The van der Waals surface area contributed by atoms with Crippen LogP contribution in [0.2, 0.25) is 0 Å². The Balaban J connectivity index is 1.61. The maximum Gasteiger partial charge on any atom is 0.237 e. The van der Waals surface area contributed by atoms with Crippen molar-refractivity contribution in [3.63, 3.8) is 0 Å². The standard InChI is InChI=1S/C18H23N3OS/c1-14-7-10-23-17(14)12-20-18(22)16-6-2-3-9-21(16)13-15-5-4-8-19-11-15/h4-5,7-8,10-11,16H,2-3,6,9,12-13H2,1H3,(H,20,22)/t16-/m1/s1. The van der Waals surface area contributed by atoms with Gasteiger partial charge in [0.2, 0.25) is 5.91 Å². The Labute approximate surface area is 141 Å². The third-order valence-electron chi connectivity index (χ3n) is 4.42. The number of rotatable bonds is 5. The number of hydrogen-bond acceptors (Lipinski definition) is 4. The minimum Gasteiger partial charge on any atom is -0.350 e. The highest BCUT2D eigenvalue weighted by atomic mass is 32.1. The first-order valence-corrected chi connectivity index (χ1v) is 9.05. The summed E-state index contributed by atoms with van der Waals surface area (Å²) in [6.45, 7) is 4.50. The van der Waals surface area contributed by atoms with E-state index in [1.807, 2.05) is 12.3 Å². The average molecular weight is 329 g/mol. The Morgan fingerprint density at radius 1 is 1.43 bits per heavy atom. The fourth-order valence-corrected chi connectivity index (χ4v) is 3.92. The fourth-order valence-electron chi connectivity index (χ4n) is 3.07.